The number of aryl methyl sites for hydroxylation is 1. The van der Waals surface area contributed by atoms with Gasteiger partial charge in [0.2, 0.25) is 21.1 Å². The van der Waals surface area contributed by atoms with Crippen LogP contribution in [-0.4, -0.2) is 41.9 Å². The molecule has 170 valence electrons. The van der Waals surface area contributed by atoms with Crippen molar-refractivity contribution in [1.82, 2.24) is 14.5 Å². The number of carbonyl (C=O) groups excluding carboxylic acids is 1. The van der Waals surface area contributed by atoms with Gasteiger partial charge in [0, 0.05) is 25.4 Å². The van der Waals surface area contributed by atoms with E-state index in [1.165, 1.54) is 15.6 Å². The molecule has 1 aliphatic heterocycles. The fraction of sp³-hybridized carbons (Fsp3) is 0.435. The van der Waals surface area contributed by atoms with Crippen LogP contribution < -0.4 is 5.32 Å². The lowest BCUT2D eigenvalue weighted by molar-refractivity contribution is -0.120. The summed E-state index contributed by atoms with van der Waals surface area (Å²) >= 11 is 1.42. The van der Waals surface area contributed by atoms with Crippen LogP contribution in [0.15, 0.2) is 47.4 Å². The summed E-state index contributed by atoms with van der Waals surface area (Å²) in [4.78, 5) is 13.0. The third-order valence-corrected chi connectivity index (χ3v) is 8.67. The average Bonchev–Trinajstić information content (AvgIpc) is 3.26. The number of benzene rings is 2. The molecule has 1 N–H and O–H groups in total. The molecule has 32 heavy (non-hydrogen) atoms. The van der Waals surface area contributed by atoms with Crippen molar-refractivity contribution in [3.63, 3.8) is 0 Å². The maximum atomic E-state index is 13.1. The minimum atomic E-state index is -3.59. The molecular formula is C23H28N4O3S2. The van der Waals surface area contributed by atoms with Gasteiger partial charge in [-0.05, 0) is 42.2 Å². The van der Waals surface area contributed by atoms with E-state index in [9.17, 15) is 13.2 Å². The van der Waals surface area contributed by atoms with Gasteiger partial charge < -0.3 is 5.32 Å². The fourth-order valence-corrected chi connectivity index (χ4v) is 6.26. The molecule has 3 aromatic rings. The molecule has 1 fully saturated rings. The quantitative estimate of drug-likeness (QED) is 0.489. The summed E-state index contributed by atoms with van der Waals surface area (Å²) in [6.45, 7) is 2.81. The second-order valence-corrected chi connectivity index (χ2v) is 11.1. The number of piperidine rings is 1. The number of fused-ring (bicyclic) bond motifs is 1. The van der Waals surface area contributed by atoms with Crippen molar-refractivity contribution < 1.29 is 13.2 Å². The van der Waals surface area contributed by atoms with Crippen molar-refractivity contribution in [3.8, 4) is 0 Å². The van der Waals surface area contributed by atoms with Crippen molar-refractivity contribution in [3.05, 3.63) is 47.5 Å². The van der Waals surface area contributed by atoms with Crippen LogP contribution in [0.25, 0.3) is 10.8 Å². The van der Waals surface area contributed by atoms with E-state index in [1.54, 1.807) is 12.1 Å². The predicted octanol–water partition coefficient (Wildman–Crippen LogP) is 4.46. The lowest BCUT2D eigenvalue weighted by Crippen LogP contribution is -2.41. The molecule has 0 bridgehead atoms. The van der Waals surface area contributed by atoms with Crippen molar-refractivity contribution >= 4 is 43.2 Å². The first-order valence-corrected chi connectivity index (χ1v) is 13.3. The summed E-state index contributed by atoms with van der Waals surface area (Å²) in [5, 5.41) is 14.5. The van der Waals surface area contributed by atoms with Crippen LogP contribution in [0.1, 0.15) is 44.0 Å². The SMILES string of the molecule is CCCCCc1nnc(NC(=O)C2CCN(S(=O)(=O)c3ccc4ccccc4c3)CC2)s1. The molecule has 0 aliphatic carbocycles. The fourth-order valence-electron chi connectivity index (χ4n) is 3.97. The van der Waals surface area contributed by atoms with E-state index >= 15 is 0 Å². The largest absolute Gasteiger partial charge is 0.300 e. The van der Waals surface area contributed by atoms with Crippen molar-refractivity contribution in [2.45, 2.75) is 50.3 Å². The Hall–Kier alpha value is -2.36. The van der Waals surface area contributed by atoms with Crippen LogP contribution in [0.4, 0.5) is 5.13 Å². The zero-order chi connectivity index (χ0) is 22.6. The molecule has 0 unspecified atom stereocenters. The first-order valence-electron chi connectivity index (χ1n) is 11.1. The Morgan fingerprint density at radius 1 is 1.09 bits per heavy atom. The molecule has 9 heteroatoms. The van der Waals surface area contributed by atoms with Gasteiger partial charge in [0.25, 0.3) is 0 Å². The minimum Gasteiger partial charge on any atom is -0.300 e. The molecule has 0 atom stereocenters. The highest BCUT2D eigenvalue weighted by atomic mass is 32.2. The summed E-state index contributed by atoms with van der Waals surface area (Å²) in [5.74, 6) is -0.338. The van der Waals surface area contributed by atoms with Gasteiger partial charge in [-0.3, -0.25) is 4.79 Å². The summed E-state index contributed by atoms with van der Waals surface area (Å²) in [7, 11) is -3.59. The Bertz CT molecular complexity index is 1180. The molecular weight excluding hydrogens is 444 g/mol. The molecule has 2 aromatic carbocycles. The zero-order valence-corrected chi connectivity index (χ0v) is 19.8. The number of aromatic nitrogens is 2. The second-order valence-electron chi connectivity index (χ2n) is 8.13. The van der Waals surface area contributed by atoms with Crippen LogP contribution in [0, 0.1) is 5.92 Å². The molecule has 1 saturated heterocycles. The number of carbonyl (C=O) groups is 1. The Morgan fingerprint density at radius 3 is 2.59 bits per heavy atom. The van der Waals surface area contributed by atoms with E-state index in [0.29, 0.717) is 36.0 Å². The van der Waals surface area contributed by atoms with Gasteiger partial charge in [-0.15, -0.1) is 10.2 Å². The smallest absolute Gasteiger partial charge is 0.243 e. The Morgan fingerprint density at radius 2 is 1.84 bits per heavy atom. The molecule has 1 amide bonds. The van der Waals surface area contributed by atoms with Gasteiger partial charge in [-0.25, -0.2) is 8.42 Å². The van der Waals surface area contributed by atoms with Crippen LogP contribution >= 0.6 is 11.3 Å². The molecule has 1 aliphatic rings. The van der Waals surface area contributed by atoms with E-state index < -0.39 is 10.0 Å². The van der Waals surface area contributed by atoms with Gasteiger partial charge in [0.15, 0.2) is 0 Å². The van der Waals surface area contributed by atoms with Gasteiger partial charge >= 0.3 is 0 Å². The highest BCUT2D eigenvalue weighted by Crippen LogP contribution is 2.27. The molecule has 0 spiro atoms. The summed E-state index contributed by atoms with van der Waals surface area (Å²) < 4.78 is 27.7. The van der Waals surface area contributed by atoms with Crippen LogP contribution in [0.2, 0.25) is 0 Å². The zero-order valence-electron chi connectivity index (χ0n) is 18.2. The molecule has 7 nitrogen and oxygen atoms in total. The first-order chi connectivity index (χ1) is 15.5. The third kappa shape index (κ3) is 5.16. The Balaban J connectivity index is 1.34. The Kier molecular flexibility index (Phi) is 7.17. The van der Waals surface area contributed by atoms with Crippen molar-refractivity contribution in [2.24, 2.45) is 5.92 Å². The lowest BCUT2D eigenvalue weighted by atomic mass is 9.97. The van der Waals surface area contributed by atoms with E-state index in [-0.39, 0.29) is 11.8 Å². The number of amides is 1. The summed E-state index contributed by atoms with van der Waals surface area (Å²) in [6, 6.07) is 12.9. The molecule has 1 aromatic heterocycles. The van der Waals surface area contributed by atoms with Gasteiger partial charge in [0.1, 0.15) is 5.01 Å². The number of nitrogens with one attached hydrogen (secondary N) is 1. The number of hydrogen-bond acceptors (Lipinski definition) is 6. The maximum absolute atomic E-state index is 13.1. The predicted molar refractivity (Wildman–Crippen MR) is 127 cm³/mol. The van der Waals surface area contributed by atoms with Gasteiger partial charge in [0.05, 0.1) is 4.90 Å². The molecule has 0 saturated carbocycles. The maximum Gasteiger partial charge on any atom is 0.243 e. The van der Waals surface area contributed by atoms with Gasteiger partial charge in [-0.2, -0.15) is 4.31 Å². The first kappa shape index (κ1) is 22.8. The van der Waals surface area contributed by atoms with Crippen molar-refractivity contribution in [1.29, 1.82) is 0 Å². The minimum absolute atomic E-state index is 0.107. The topological polar surface area (TPSA) is 92.3 Å². The monoisotopic (exact) mass is 472 g/mol. The number of sulfonamides is 1. The van der Waals surface area contributed by atoms with Crippen molar-refractivity contribution in [2.75, 3.05) is 18.4 Å². The molecule has 2 heterocycles. The third-order valence-electron chi connectivity index (χ3n) is 5.87. The number of anilines is 1. The second kappa shape index (κ2) is 10.1. The standard InChI is InChI=1S/C23H28N4O3S2/c1-2-3-4-9-21-25-26-23(31-21)24-22(28)18-12-14-27(15-13-18)32(29,30)20-11-10-17-7-5-6-8-19(17)16-20/h5-8,10-11,16,18H,2-4,9,12-15H2,1H3,(H,24,26,28). The highest BCUT2D eigenvalue weighted by molar-refractivity contribution is 7.89. The van der Waals surface area contributed by atoms with E-state index in [1.807, 2.05) is 30.3 Å². The number of hydrogen-bond donors (Lipinski definition) is 1. The lowest BCUT2D eigenvalue weighted by Gasteiger charge is -2.30. The highest BCUT2D eigenvalue weighted by Gasteiger charge is 2.32. The number of nitrogens with zero attached hydrogens (tertiary/aromatic N) is 3. The number of rotatable bonds is 8. The Labute approximate surface area is 192 Å². The number of unbranched alkanes of at least 4 members (excludes halogenated alkanes) is 2. The van der Waals surface area contributed by atoms with Crippen LogP contribution in [0.5, 0.6) is 0 Å². The average molecular weight is 473 g/mol. The summed E-state index contributed by atoms with van der Waals surface area (Å²) in [6.07, 6.45) is 5.23. The van der Waals surface area contributed by atoms with Crippen LogP contribution in [-0.2, 0) is 21.2 Å². The normalized spacial score (nSPS) is 15.8. The van der Waals surface area contributed by atoms with E-state index in [4.69, 9.17) is 0 Å². The summed E-state index contributed by atoms with van der Waals surface area (Å²) in [5.41, 5.74) is 0. The van der Waals surface area contributed by atoms with Crippen LogP contribution in [0.3, 0.4) is 0 Å². The molecule has 4 rings (SSSR count). The molecule has 0 radical (unpaired) electrons. The van der Waals surface area contributed by atoms with Gasteiger partial charge in [-0.1, -0.05) is 61.4 Å². The van der Waals surface area contributed by atoms with E-state index in [0.717, 1.165) is 41.5 Å². The van der Waals surface area contributed by atoms with E-state index in [2.05, 4.69) is 22.4 Å².